The molecule has 0 aliphatic heterocycles. The summed E-state index contributed by atoms with van der Waals surface area (Å²) in [6.07, 6.45) is 0. The minimum Gasteiger partial charge on any atom is -0.497 e. The van der Waals surface area contributed by atoms with Gasteiger partial charge in [0, 0.05) is 11.8 Å². The quantitative estimate of drug-likeness (QED) is 0.763. The van der Waals surface area contributed by atoms with Crippen LogP contribution in [-0.4, -0.2) is 35.1 Å². The van der Waals surface area contributed by atoms with Gasteiger partial charge in [0.1, 0.15) is 11.5 Å². The minimum absolute atomic E-state index is 0.0625. The lowest BCUT2D eigenvalue weighted by Gasteiger charge is -2.10. The summed E-state index contributed by atoms with van der Waals surface area (Å²) in [5.74, 6) is 0.416. The topological polar surface area (TPSA) is 93.7 Å². The summed E-state index contributed by atoms with van der Waals surface area (Å²) in [6, 6.07) is 10.8. The molecule has 0 fully saturated rings. The Morgan fingerprint density at radius 2 is 1.88 bits per heavy atom. The van der Waals surface area contributed by atoms with Crippen molar-refractivity contribution in [2.75, 3.05) is 26.1 Å². The van der Waals surface area contributed by atoms with E-state index < -0.39 is 22.5 Å². The molecule has 0 radical (unpaired) electrons. The van der Waals surface area contributed by atoms with E-state index in [9.17, 15) is 13.2 Å². The molecule has 0 aliphatic carbocycles. The number of benzene rings is 2. The molecule has 0 atom stereocenters. The van der Waals surface area contributed by atoms with Gasteiger partial charge in [0.2, 0.25) is 15.9 Å². The summed E-state index contributed by atoms with van der Waals surface area (Å²) in [4.78, 5) is 11.9. The van der Waals surface area contributed by atoms with E-state index in [2.05, 4.69) is 10.0 Å². The molecule has 0 saturated heterocycles. The molecule has 9 heteroatoms. The summed E-state index contributed by atoms with van der Waals surface area (Å²) in [5, 5.41) is 2.74. The lowest BCUT2D eigenvalue weighted by atomic mass is 10.3. The second-order valence-electron chi connectivity index (χ2n) is 4.90. The highest BCUT2D eigenvalue weighted by molar-refractivity contribution is 7.89. The van der Waals surface area contributed by atoms with Gasteiger partial charge in [-0.1, -0.05) is 17.7 Å². The zero-order chi connectivity index (χ0) is 18.4. The SMILES string of the molecule is COc1cccc(NC(=O)CNS(=O)(=O)c2ccc(OC)c(Cl)c2)c1. The highest BCUT2D eigenvalue weighted by Crippen LogP contribution is 2.26. The van der Waals surface area contributed by atoms with E-state index >= 15 is 0 Å². The summed E-state index contributed by atoms with van der Waals surface area (Å²) in [7, 11) is -0.947. The summed E-state index contributed by atoms with van der Waals surface area (Å²) in [6.45, 7) is -0.427. The van der Waals surface area contributed by atoms with Crippen LogP contribution in [0.1, 0.15) is 0 Å². The van der Waals surface area contributed by atoms with Crippen LogP contribution in [0.15, 0.2) is 47.4 Å². The summed E-state index contributed by atoms with van der Waals surface area (Å²) in [5.41, 5.74) is 0.496. The third-order valence-electron chi connectivity index (χ3n) is 3.21. The van der Waals surface area contributed by atoms with Crippen LogP contribution in [0.5, 0.6) is 11.5 Å². The normalized spacial score (nSPS) is 11.0. The van der Waals surface area contributed by atoms with E-state index in [1.54, 1.807) is 24.3 Å². The monoisotopic (exact) mass is 384 g/mol. The van der Waals surface area contributed by atoms with Crippen molar-refractivity contribution in [2.45, 2.75) is 4.90 Å². The Morgan fingerprint density at radius 1 is 1.12 bits per heavy atom. The largest absolute Gasteiger partial charge is 0.497 e. The second-order valence-corrected chi connectivity index (χ2v) is 7.08. The third kappa shape index (κ3) is 5.09. The number of rotatable bonds is 7. The molecule has 0 unspecified atom stereocenters. The van der Waals surface area contributed by atoms with Crippen LogP contribution < -0.4 is 19.5 Å². The van der Waals surface area contributed by atoms with Crippen LogP contribution in [0.3, 0.4) is 0 Å². The number of carbonyl (C=O) groups is 1. The molecule has 2 aromatic carbocycles. The van der Waals surface area contributed by atoms with Crippen LogP contribution >= 0.6 is 11.6 Å². The lowest BCUT2D eigenvalue weighted by molar-refractivity contribution is -0.115. The zero-order valence-corrected chi connectivity index (χ0v) is 15.1. The highest BCUT2D eigenvalue weighted by Gasteiger charge is 2.17. The predicted octanol–water partition coefficient (Wildman–Crippen LogP) is 2.27. The molecule has 7 nitrogen and oxygen atoms in total. The number of ether oxygens (including phenoxy) is 2. The van der Waals surface area contributed by atoms with E-state index in [1.807, 2.05) is 0 Å². The molecule has 0 saturated carbocycles. The fourth-order valence-electron chi connectivity index (χ4n) is 1.96. The second kappa shape index (κ2) is 8.19. The molecule has 2 aromatic rings. The van der Waals surface area contributed by atoms with Crippen molar-refractivity contribution in [3.63, 3.8) is 0 Å². The molecule has 0 aliphatic rings. The van der Waals surface area contributed by atoms with Gasteiger partial charge in [-0.15, -0.1) is 0 Å². The summed E-state index contributed by atoms with van der Waals surface area (Å²) >= 11 is 5.93. The molecular formula is C16H17ClN2O5S. The van der Waals surface area contributed by atoms with Crippen molar-refractivity contribution in [3.8, 4) is 11.5 Å². The van der Waals surface area contributed by atoms with Crippen LogP contribution in [0.2, 0.25) is 5.02 Å². The van der Waals surface area contributed by atoms with Crippen LogP contribution in [0, 0.1) is 0 Å². The average Bonchev–Trinajstić information content (AvgIpc) is 2.60. The standard InChI is InChI=1S/C16H17ClN2O5S/c1-23-12-5-3-4-11(8-12)19-16(20)10-18-25(21,22)13-6-7-15(24-2)14(17)9-13/h3-9,18H,10H2,1-2H3,(H,19,20). The zero-order valence-electron chi connectivity index (χ0n) is 13.6. The summed E-state index contributed by atoms with van der Waals surface area (Å²) < 4.78 is 36.7. The number of sulfonamides is 1. The Kier molecular flexibility index (Phi) is 6.24. The van der Waals surface area contributed by atoms with E-state index in [1.165, 1.54) is 32.4 Å². The number of methoxy groups -OCH3 is 2. The first kappa shape index (κ1) is 19.0. The lowest BCUT2D eigenvalue weighted by Crippen LogP contribution is -2.32. The fourth-order valence-corrected chi connectivity index (χ4v) is 3.29. The fraction of sp³-hybridized carbons (Fsp3) is 0.188. The maximum absolute atomic E-state index is 12.2. The van der Waals surface area contributed by atoms with Gasteiger partial charge >= 0.3 is 0 Å². The molecule has 0 spiro atoms. The van der Waals surface area contributed by atoms with Gasteiger partial charge in [0.05, 0.1) is 30.7 Å². The Morgan fingerprint density at radius 3 is 2.52 bits per heavy atom. The van der Waals surface area contributed by atoms with Crippen molar-refractivity contribution in [2.24, 2.45) is 0 Å². The molecule has 25 heavy (non-hydrogen) atoms. The molecule has 134 valence electrons. The van der Waals surface area contributed by atoms with Gasteiger partial charge < -0.3 is 14.8 Å². The van der Waals surface area contributed by atoms with E-state index in [0.29, 0.717) is 17.2 Å². The van der Waals surface area contributed by atoms with E-state index in [-0.39, 0.29) is 9.92 Å². The molecule has 1 amide bonds. The number of nitrogens with one attached hydrogen (secondary N) is 2. The van der Waals surface area contributed by atoms with Crippen molar-refractivity contribution in [1.29, 1.82) is 0 Å². The molecule has 2 N–H and O–H groups in total. The number of carbonyl (C=O) groups excluding carboxylic acids is 1. The Labute approximate surface area is 151 Å². The number of amides is 1. The highest BCUT2D eigenvalue weighted by atomic mass is 35.5. The van der Waals surface area contributed by atoms with Gasteiger partial charge in [-0.05, 0) is 30.3 Å². The average molecular weight is 385 g/mol. The van der Waals surface area contributed by atoms with E-state index in [0.717, 1.165) is 0 Å². The minimum atomic E-state index is -3.88. The van der Waals surface area contributed by atoms with Crippen molar-refractivity contribution >= 4 is 33.2 Å². The van der Waals surface area contributed by atoms with Crippen molar-refractivity contribution in [3.05, 3.63) is 47.5 Å². The number of anilines is 1. The third-order valence-corrected chi connectivity index (χ3v) is 4.90. The van der Waals surface area contributed by atoms with Gasteiger partial charge in [-0.25, -0.2) is 13.1 Å². The Balaban J connectivity index is 2.01. The smallest absolute Gasteiger partial charge is 0.241 e. The first-order valence-electron chi connectivity index (χ1n) is 7.13. The molecule has 0 aromatic heterocycles. The van der Waals surface area contributed by atoms with Crippen molar-refractivity contribution in [1.82, 2.24) is 4.72 Å². The predicted molar refractivity (Wildman–Crippen MR) is 94.8 cm³/mol. The van der Waals surface area contributed by atoms with Crippen LogP contribution in [0.4, 0.5) is 5.69 Å². The molecular weight excluding hydrogens is 368 g/mol. The van der Waals surface area contributed by atoms with Gasteiger partial charge in [0.25, 0.3) is 0 Å². The van der Waals surface area contributed by atoms with Crippen LogP contribution in [-0.2, 0) is 14.8 Å². The first-order valence-corrected chi connectivity index (χ1v) is 8.99. The number of hydrogen-bond donors (Lipinski definition) is 2. The van der Waals surface area contributed by atoms with Crippen LogP contribution in [0.25, 0.3) is 0 Å². The van der Waals surface area contributed by atoms with Crippen molar-refractivity contribution < 1.29 is 22.7 Å². The maximum Gasteiger partial charge on any atom is 0.241 e. The van der Waals surface area contributed by atoms with Gasteiger partial charge in [0.15, 0.2) is 0 Å². The molecule has 0 heterocycles. The van der Waals surface area contributed by atoms with Gasteiger partial charge in [-0.2, -0.15) is 0 Å². The molecule has 2 rings (SSSR count). The number of hydrogen-bond acceptors (Lipinski definition) is 5. The first-order chi connectivity index (χ1) is 11.9. The maximum atomic E-state index is 12.2. The van der Waals surface area contributed by atoms with E-state index in [4.69, 9.17) is 21.1 Å². The molecule has 0 bridgehead atoms. The Bertz CT molecular complexity index is 871. The number of halogens is 1. The van der Waals surface area contributed by atoms with Gasteiger partial charge in [-0.3, -0.25) is 4.79 Å². The Hall–Kier alpha value is -2.29.